The number of unbranched alkanes of at least 4 members (excludes halogenated alkanes) is 1. The fraction of sp³-hybridized carbons (Fsp3) is 0.397. The van der Waals surface area contributed by atoms with Crippen molar-refractivity contribution in [1.29, 1.82) is 0 Å². The van der Waals surface area contributed by atoms with Gasteiger partial charge in [-0.3, -0.25) is 34.6 Å². The number of nitrogens with one attached hydrogen (secondary N) is 2. The number of imide groups is 1. The minimum Gasteiger partial charge on any atom is -0.490 e. The van der Waals surface area contributed by atoms with Gasteiger partial charge in [0.2, 0.25) is 11.8 Å². The van der Waals surface area contributed by atoms with Crippen LogP contribution in [0.3, 0.4) is 0 Å². The Labute approximate surface area is 434 Å². The molecular formula is C58H63N9O6S. The first-order valence-corrected chi connectivity index (χ1v) is 27.1. The number of aryl methyl sites for hydroxylation is 1. The molecule has 4 aromatic carbocycles. The van der Waals surface area contributed by atoms with Crippen molar-refractivity contribution in [3.05, 3.63) is 125 Å². The van der Waals surface area contributed by atoms with E-state index in [1.165, 1.54) is 36.3 Å². The summed E-state index contributed by atoms with van der Waals surface area (Å²) in [7, 11) is 1.92. The summed E-state index contributed by atoms with van der Waals surface area (Å²) in [6.45, 7) is 9.40. The third-order valence-electron chi connectivity index (χ3n) is 16.0. The maximum atomic E-state index is 13.7. The van der Waals surface area contributed by atoms with Crippen LogP contribution in [-0.2, 0) is 29.6 Å². The molecule has 1 unspecified atom stereocenters. The van der Waals surface area contributed by atoms with Gasteiger partial charge < -0.3 is 19.6 Å². The molecule has 3 N–H and O–H groups in total. The van der Waals surface area contributed by atoms with Crippen LogP contribution in [0.4, 0.5) is 16.6 Å². The molecule has 3 fully saturated rings. The molecule has 7 aromatic rings. The molecular weight excluding hydrogens is 951 g/mol. The molecule has 382 valence electrons. The standard InChI is InChI=1S/C58H63N9O6S/c1-35-33-66(39-19-22-44-48(32-39)64(3)63-53(44)45-24-26-52(68)61-56(45)70)31-30-65(35)28-7-6-10-37-17-20-40(21-18-37)73-49-15-9-12-41(36(49)2)42-23-25-51(60-54(42)57(71)72)67-29-27-38-11-8-13-43(46(38)34-67)55(69)62-58-59-47-14-4-5-16-50(47)74-58/h4-5,8-9,11-16,19,22-23,25,32,35,37,40,45H,6-7,10,17-18,20-21,24,26-31,33-34H2,1-3H3,(H,71,72)(H,59,62,69)(H,61,68,70)/t35-,37-,40-,45?/m1/s1. The summed E-state index contributed by atoms with van der Waals surface area (Å²) in [6.07, 6.45) is 9.52. The van der Waals surface area contributed by atoms with E-state index in [1.807, 2.05) is 85.4 Å². The molecule has 4 aliphatic rings. The molecule has 74 heavy (non-hydrogen) atoms. The van der Waals surface area contributed by atoms with Gasteiger partial charge in [0.05, 0.1) is 33.4 Å². The van der Waals surface area contributed by atoms with Gasteiger partial charge in [0, 0.05) is 74.4 Å². The minimum atomic E-state index is -1.10. The lowest BCUT2D eigenvalue weighted by molar-refractivity contribution is -0.134. The van der Waals surface area contributed by atoms with E-state index in [2.05, 4.69) is 61.5 Å². The SMILES string of the molecule is Cc1c(O[C@H]2CC[C@H](CCCCN3CCN(c4ccc5c(C6CCC(=O)NC6=O)nn(C)c5c4)C[C@H]3C)CC2)cccc1-c1ccc(N2CCc3cccc(C(=O)Nc4nc5ccccc5s4)c3C2)nc1C(=O)O. The Kier molecular flexibility index (Phi) is 13.9. The summed E-state index contributed by atoms with van der Waals surface area (Å²) in [5.74, 6) is -0.188. The number of pyridine rings is 1. The largest absolute Gasteiger partial charge is 0.490 e. The number of piperazine rings is 1. The van der Waals surface area contributed by atoms with Crippen LogP contribution in [0.5, 0.6) is 5.75 Å². The molecule has 15 nitrogen and oxygen atoms in total. The van der Waals surface area contributed by atoms with Crippen molar-refractivity contribution in [3.63, 3.8) is 0 Å². The van der Waals surface area contributed by atoms with Crippen molar-refractivity contribution >= 4 is 72.8 Å². The zero-order chi connectivity index (χ0) is 51.0. The number of para-hydroxylation sites is 1. The number of carbonyl (C=O) groups excluding carboxylic acids is 3. The number of carboxylic acids is 1. The molecule has 0 bridgehead atoms. The number of carboxylic acid groups (broad SMARTS) is 1. The molecule has 0 spiro atoms. The van der Waals surface area contributed by atoms with Crippen molar-refractivity contribution in [1.82, 2.24) is 30.0 Å². The highest BCUT2D eigenvalue weighted by molar-refractivity contribution is 7.22. The Morgan fingerprint density at radius 2 is 1.70 bits per heavy atom. The van der Waals surface area contributed by atoms with Crippen LogP contribution in [0.1, 0.15) is 114 Å². The third kappa shape index (κ3) is 10.1. The quantitative estimate of drug-likeness (QED) is 0.0696. The highest BCUT2D eigenvalue weighted by Crippen LogP contribution is 2.38. The Morgan fingerprint density at radius 1 is 0.865 bits per heavy atom. The van der Waals surface area contributed by atoms with Crippen LogP contribution in [0.25, 0.3) is 32.2 Å². The van der Waals surface area contributed by atoms with Gasteiger partial charge in [-0.15, -0.1) is 0 Å². The number of piperidine rings is 1. The number of hydrogen-bond donors (Lipinski definition) is 3. The van der Waals surface area contributed by atoms with Crippen LogP contribution in [0, 0.1) is 12.8 Å². The number of hydrogen-bond acceptors (Lipinski definition) is 12. The predicted octanol–water partition coefficient (Wildman–Crippen LogP) is 9.91. The fourth-order valence-corrected chi connectivity index (χ4v) is 12.7. The predicted molar refractivity (Wildman–Crippen MR) is 289 cm³/mol. The number of thiazole rings is 1. The Morgan fingerprint density at radius 3 is 2.51 bits per heavy atom. The normalized spacial score (nSPS) is 20.4. The van der Waals surface area contributed by atoms with Crippen LogP contribution in [-0.4, -0.2) is 98.3 Å². The average Bonchev–Trinajstić information content (AvgIpc) is 3.97. The first-order valence-electron chi connectivity index (χ1n) is 26.3. The van der Waals surface area contributed by atoms with Crippen molar-refractivity contribution in [3.8, 4) is 16.9 Å². The van der Waals surface area contributed by atoms with E-state index in [1.54, 1.807) is 0 Å². The number of fused-ring (bicyclic) bond motifs is 3. The summed E-state index contributed by atoms with van der Waals surface area (Å²) in [5, 5.41) is 22.3. The average molecular weight is 1010 g/mol. The molecule has 3 aromatic heterocycles. The molecule has 3 amide bonds. The topological polar surface area (TPSA) is 175 Å². The Hall–Kier alpha value is -7.17. The van der Waals surface area contributed by atoms with E-state index in [9.17, 15) is 24.3 Å². The van der Waals surface area contributed by atoms with Crippen molar-refractivity contribution in [2.75, 3.05) is 47.8 Å². The van der Waals surface area contributed by atoms with E-state index >= 15 is 0 Å². The lowest BCUT2D eigenvalue weighted by Crippen LogP contribution is -2.52. The van der Waals surface area contributed by atoms with Gasteiger partial charge >= 0.3 is 5.97 Å². The first kappa shape index (κ1) is 49.1. The van der Waals surface area contributed by atoms with E-state index in [4.69, 9.17) is 14.8 Å². The number of amides is 3. The van der Waals surface area contributed by atoms with Gasteiger partial charge in [0.15, 0.2) is 10.8 Å². The number of nitrogens with zero attached hydrogens (tertiary/aromatic N) is 7. The maximum absolute atomic E-state index is 13.7. The van der Waals surface area contributed by atoms with Gasteiger partial charge in [-0.1, -0.05) is 60.6 Å². The van der Waals surface area contributed by atoms with Gasteiger partial charge in [-0.2, -0.15) is 5.10 Å². The number of carbonyl (C=O) groups is 4. The second kappa shape index (κ2) is 21.0. The smallest absolute Gasteiger partial charge is 0.355 e. The molecule has 3 aliphatic heterocycles. The molecule has 0 radical (unpaired) electrons. The first-order chi connectivity index (χ1) is 35.9. The summed E-state index contributed by atoms with van der Waals surface area (Å²) in [6, 6.07) is 30.1. The summed E-state index contributed by atoms with van der Waals surface area (Å²) in [5.41, 5.74) is 8.52. The molecule has 16 heteroatoms. The molecule has 2 saturated heterocycles. The number of aromatic nitrogens is 4. The van der Waals surface area contributed by atoms with Gasteiger partial charge in [-0.25, -0.2) is 14.8 Å². The van der Waals surface area contributed by atoms with E-state index in [0.717, 1.165) is 107 Å². The number of benzene rings is 4. The zero-order valence-electron chi connectivity index (χ0n) is 42.3. The monoisotopic (exact) mass is 1010 g/mol. The molecule has 11 rings (SSSR count). The number of anilines is 3. The lowest BCUT2D eigenvalue weighted by atomic mass is 9.84. The van der Waals surface area contributed by atoms with Crippen molar-refractivity contribution in [2.45, 2.75) is 103 Å². The molecule has 6 heterocycles. The Balaban J connectivity index is 0.655. The number of rotatable bonds is 14. The minimum absolute atomic E-state index is 0.0174. The highest BCUT2D eigenvalue weighted by atomic mass is 32.1. The van der Waals surface area contributed by atoms with Crippen molar-refractivity contribution < 1.29 is 29.0 Å². The Bertz CT molecular complexity index is 3250. The fourth-order valence-electron chi connectivity index (χ4n) is 11.8. The zero-order valence-corrected chi connectivity index (χ0v) is 43.1. The van der Waals surface area contributed by atoms with Crippen LogP contribution >= 0.6 is 11.3 Å². The van der Waals surface area contributed by atoms with Crippen molar-refractivity contribution in [2.24, 2.45) is 13.0 Å². The third-order valence-corrected chi connectivity index (χ3v) is 16.9. The van der Waals surface area contributed by atoms with Gasteiger partial charge in [0.1, 0.15) is 11.6 Å². The molecule has 1 saturated carbocycles. The highest BCUT2D eigenvalue weighted by Gasteiger charge is 2.33. The van der Waals surface area contributed by atoms with Gasteiger partial charge in [0.25, 0.3) is 5.91 Å². The second-order valence-electron chi connectivity index (χ2n) is 20.7. The van der Waals surface area contributed by atoms with Gasteiger partial charge in [-0.05, 0) is 148 Å². The number of aromatic carboxylic acids is 1. The molecule has 2 atom stereocenters. The second-order valence-corrected chi connectivity index (χ2v) is 21.7. The lowest BCUT2D eigenvalue weighted by Gasteiger charge is -2.41. The van der Waals surface area contributed by atoms with E-state index < -0.39 is 11.9 Å². The van der Waals surface area contributed by atoms with Crippen LogP contribution < -0.4 is 25.2 Å². The molecule has 1 aliphatic carbocycles. The maximum Gasteiger partial charge on any atom is 0.355 e. The number of ether oxygens (including phenoxy) is 1. The van der Waals surface area contributed by atoms with Crippen LogP contribution in [0.2, 0.25) is 0 Å². The summed E-state index contributed by atoms with van der Waals surface area (Å²) >= 11 is 1.44. The summed E-state index contributed by atoms with van der Waals surface area (Å²) in [4.78, 5) is 67.5. The summed E-state index contributed by atoms with van der Waals surface area (Å²) < 4.78 is 9.56. The van der Waals surface area contributed by atoms with Crippen LogP contribution in [0.15, 0.2) is 91.0 Å². The van der Waals surface area contributed by atoms with E-state index in [0.29, 0.717) is 66.4 Å². The van der Waals surface area contributed by atoms with E-state index in [-0.39, 0.29) is 29.5 Å².